The first-order valence-corrected chi connectivity index (χ1v) is 11.6. The zero-order chi connectivity index (χ0) is 21.7. The summed E-state index contributed by atoms with van der Waals surface area (Å²) in [6.07, 6.45) is 0.399. The molecule has 160 valence electrons. The molecule has 0 saturated heterocycles. The van der Waals surface area contributed by atoms with Crippen LogP contribution >= 0.6 is 11.6 Å². The van der Waals surface area contributed by atoms with E-state index in [-0.39, 0.29) is 6.61 Å². The van der Waals surface area contributed by atoms with Gasteiger partial charge in [0, 0.05) is 29.2 Å². The molecule has 3 rings (SSSR count). The van der Waals surface area contributed by atoms with Crippen LogP contribution in [0, 0.1) is 0 Å². The van der Waals surface area contributed by atoms with Crippen molar-refractivity contribution < 1.29 is 18.3 Å². The second-order valence-electron chi connectivity index (χ2n) is 7.20. The molecule has 1 aromatic heterocycles. The molecule has 0 aliphatic rings. The van der Waals surface area contributed by atoms with Crippen molar-refractivity contribution in [3.8, 4) is 5.75 Å². The van der Waals surface area contributed by atoms with E-state index in [0.717, 1.165) is 22.9 Å². The van der Waals surface area contributed by atoms with Gasteiger partial charge in [0.05, 0.1) is 17.5 Å². The zero-order valence-corrected chi connectivity index (χ0v) is 18.3. The average Bonchev–Trinajstić information content (AvgIpc) is 2.66. The fourth-order valence-electron chi connectivity index (χ4n) is 3.01. The highest BCUT2D eigenvalue weighted by molar-refractivity contribution is 7.92. The minimum Gasteiger partial charge on any atom is -0.491 e. The van der Waals surface area contributed by atoms with Crippen LogP contribution in [0.15, 0.2) is 54.6 Å². The maximum atomic E-state index is 11.2. The fourth-order valence-corrected chi connectivity index (χ4v) is 3.75. The maximum Gasteiger partial charge on any atom is 0.229 e. The Bertz CT molecular complexity index is 1110. The number of rotatable bonds is 9. The molecule has 0 aliphatic heterocycles. The number of ether oxygens (including phenoxy) is 1. The van der Waals surface area contributed by atoms with E-state index in [2.05, 4.69) is 9.71 Å². The Morgan fingerprint density at radius 2 is 1.90 bits per heavy atom. The fraction of sp³-hybridized carbons (Fsp3) is 0.286. The Hall–Kier alpha value is -2.39. The lowest BCUT2D eigenvalue weighted by atomic mass is 10.2. The van der Waals surface area contributed by atoms with Gasteiger partial charge in [-0.1, -0.05) is 17.7 Å². The number of hydrogen-bond donors (Lipinski definition) is 2. The van der Waals surface area contributed by atoms with Crippen LogP contribution in [0.4, 0.5) is 5.69 Å². The number of nitrogens with zero attached hydrogens (tertiary/aromatic N) is 2. The summed E-state index contributed by atoms with van der Waals surface area (Å²) in [5.74, 6) is 0.547. The van der Waals surface area contributed by atoms with Gasteiger partial charge in [-0.15, -0.1) is 0 Å². The van der Waals surface area contributed by atoms with E-state index in [1.54, 1.807) is 24.3 Å². The van der Waals surface area contributed by atoms with Crippen LogP contribution in [-0.2, 0) is 16.6 Å². The van der Waals surface area contributed by atoms with Gasteiger partial charge in [0.1, 0.15) is 18.5 Å². The number of pyridine rings is 1. The molecule has 0 amide bonds. The second kappa shape index (κ2) is 9.61. The molecule has 9 heteroatoms. The minimum atomic E-state index is -3.32. The maximum absolute atomic E-state index is 11.2. The van der Waals surface area contributed by atoms with Crippen LogP contribution in [0.25, 0.3) is 10.9 Å². The van der Waals surface area contributed by atoms with Gasteiger partial charge in [-0.2, -0.15) is 0 Å². The van der Waals surface area contributed by atoms with Crippen molar-refractivity contribution in [3.63, 3.8) is 0 Å². The summed E-state index contributed by atoms with van der Waals surface area (Å²) in [6, 6.07) is 16.0. The molecule has 0 bridgehead atoms. The summed E-state index contributed by atoms with van der Waals surface area (Å²) in [4.78, 5) is 6.60. The number of benzene rings is 2. The Balaban J connectivity index is 1.48. The van der Waals surface area contributed by atoms with E-state index < -0.39 is 16.1 Å². The molecule has 3 aromatic rings. The predicted octanol–water partition coefficient (Wildman–Crippen LogP) is 3.13. The highest BCUT2D eigenvalue weighted by Gasteiger charge is 2.11. The second-order valence-corrected chi connectivity index (χ2v) is 9.38. The molecule has 0 aliphatic carbocycles. The van der Waals surface area contributed by atoms with E-state index in [9.17, 15) is 13.5 Å². The van der Waals surface area contributed by atoms with E-state index in [4.69, 9.17) is 16.3 Å². The molecule has 2 N–H and O–H groups in total. The van der Waals surface area contributed by atoms with Crippen molar-refractivity contribution >= 4 is 38.2 Å². The van der Waals surface area contributed by atoms with Crippen LogP contribution < -0.4 is 9.46 Å². The Labute approximate surface area is 181 Å². The lowest BCUT2D eigenvalue weighted by molar-refractivity contribution is 0.0741. The normalized spacial score (nSPS) is 12.8. The highest BCUT2D eigenvalue weighted by atomic mass is 35.5. The summed E-state index contributed by atoms with van der Waals surface area (Å²) in [5.41, 5.74) is 2.23. The zero-order valence-electron chi connectivity index (χ0n) is 16.7. The Kier molecular flexibility index (Phi) is 7.14. The van der Waals surface area contributed by atoms with Crippen molar-refractivity contribution in [3.05, 3.63) is 65.3 Å². The first-order valence-electron chi connectivity index (χ1n) is 9.30. The first kappa shape index (κ1) is 22.3. The van der Waals surface area contributed by atoms with E-state index >= 15 is 0 Å². The minimum absolute atomic E-state index is 0.118. The van der Waals surface area contributed by atoms with E-state index in [1.807, 2.05) is 42.3 Å². The van der Waals surface area contributed by atoms with Gasteiger partial charge in [0.2, 0.25) is 10.0 Å². The molecular formula is C21H24ClN3O4S. The van der Waals surface area contributed by atoms with E-state index in [0.29, 0.717) is 29.5 Å². The van der Waals surface area contributed by atoms with Gasteiger partial charge in [-0.25, -0.2) is 8.42 Å². The number of sulfonamides is 1. The molecule has 1 unspecified atom stereocenters. The lowest BCUT2D eigenvalue weighted by Gasteiger charge is -2.20. The number of aliphatic hydroxyl groups excluding tert-OH is 1. The van der Waals surface area contributed by atoms with Crippen molar-refractivity contribution in [1.82, 2.24) is 9.88 Å². The Morgan fingerprint density at radius 3 is 2.60 bits per heavy atom. The summed E-state index contributed by atoms with van der Waals surface area (Å²) in [7, 11) is -1.41. The number of nitrogens with one attached hydrogen (secondary N) is 1. The molecule has 0 spiro atoms. The number of anilines is 1. The van der Waals surface area contributed by atoms with Crippen LogP contribution in [0.2, 0.25) is 5.02 Å². The smallest absolute Gasteiger partial charge is 0.229 e. The molecule has 2 aromatic carbocycles. The number of halogens is 1. The van der Waals surface area contributed by atoms with Crippen molar-refractivity contribution in [2.24, 2.45) is 0 Å². The standard InChI is InChI=1S/C21H24ClN3O4S/c1-25(12-18-5-3-15-11-16(22)4-10-21(15)23-18)13-19(26)14-29-20-8-6-17(7-9-20)24-30(2,27)28/h3-11,19,24,26H,12-14H2,1-2H3. The third kappa shape index (κ3) is 6.84. The van der Waals surface area contributed by atoms with Gasteiger partial charge in [0.25, 0.3) is 0 Å². The van der Waals surface area contributed by atoms with Crippen LogP contribution in [0.5, 0.6) is 5.75 Å². The van der Waals surface area contributed by atoms with Crippen LogP contribution in [-0.4, -0.2) is 56.0 Å². The summed E-state index contributed by atoms with van der Waals surface area (Å²) >= 11 is 6.00. The lowest BCUT2D eigenvalue weighted by Crippen LogP contribution is -2.33. The molecule has 7 nitrogen and oxygen atoms in total. The SMILES string of the molecule is CN(Cc1ccc2cc(Cl)ccc2n1)CC(O)COc1ccc(NS(C)(=O)=O)cc1. The summed E-state index contributed by atoms with van der Waals surface area (Å²) in [5, 5.41) is 11.9. The first-order chi connectivity index (χ1) is 14.2. The number of fused-ring (bicyclic) bond motifs is 1. The third-order valence-corrected chi connectivity index (χ3v) is 5.10. The van der Waals surface area contributed by atoms with E-state index in [1.165, 1.54) is 0 Å². The van der Waals surface area contributed by atoms with Gasteiger partial charge in [-0.3, -0.25) is 14.6 Å². The van der Waals surface area contributed by atoms with Gasteiger partial charge in [0.15, 0.2) is 0 Å². The van der Waals surface area contributed by atoms with Crippen LogP contribution in [0.1, 0.15) is 5.69 Å². The number of likely N-dealkylation sites (N-methyl/N-ethyl adjacent to an activating group) is 1. The topological polar surface area (TPSA) is 91.8 Å². The van der Waals surface area contributed by atoms with Gasteiger partial charge >= 0.3 is 0 Å². The van der Waals surface area contributed by atoms with Gasteiger partial charge < -0.3 is 9.84 Å². The van der Waals surface area contributed by atoms with Crippen LogP contribution in [0.3, 0.4) is 0 Å². The molecule has 0 fully saturated rings. The summed E-state index contributed by atoms with van der Waals surface area (Å²) < 4.78 is 30.4. The van der Waals surface area contributed by atoms with Crippen molar-refractivity contribution in [2.45, 2.75) is 12.6 Å². The quantitative estimate of drug-likeness (QED) is 0.521. The average molecular weight is 450 g/mol. The monoisotopic (exact) mass is 449 g/mol. The molecular weight excluding hydrogens is 426 g/mol. The Morgan fingerprint density at radius 1 is 1.17 bits per heavy atom. The van der Waals surface area contributed by atoms with Gasteiger partial charge in [-0.05, 0) is 55.6 Å². The third-order valence-electron chi connectivity index (χ3n) is 4.26. The number of aromatic nitrogens is 1. The molecule has 1 atom stereocenters. The van der Waals surface area contributed by atoms with Crippen molar-refractivity contribution in [1.29, 1.82) is 0 Å². The molecule has 30 heavy (non-hydrogen) atoms. The molecule has 1 heterocycles. The largest absolute Gasteiger partial charge is 0.491 e. The predicted molar refractivity (Wildman–Crippen MR) is 119 cm³/mol. The molecule has 0 saturated carbocycles. The molecule has 0 radical (unpaired) electrons. The number of aliphatic hydroxyl groups is 1. The number of hydrogen-bond acceptors (Lipinski definition) is 6. The van der Waals surface area contributed by atoms with Crippen molar-refractivity contribution in [2.75, 3.05) is 31.2 Å². The summed E-state index contributed by atoms with van der Waals surface area (Å²) in [6.45, 7) is 1.11. The highest BCUT2D eigenvalue weighted by Crippen LogP contribution is 2.19.